The van der Waals surface area contributed by atoms with Crippen molar-refractivity contribution in [2.24, 2.45) is 10.2 Å². The van der Waals surface area contributed by atoms with Gasteiger partial charge < -0.3 is 0 Å². The van der Waals surface area contributed by atoms with Gasteiger partial charge in [-0.3, -0.25) is 0 Å². The van der Waals surface area contributed by atoms with Gasteiger partial charge in [-0.05, 0) is 19.8 Å². The highest BCUT2D eigenvalue weighted by atomic mass is 15.1. The summed E-state index contributed by atoms with van der Waals surface area (Å²) in [5.41, 5.74) is 1.06. The third-order valence-corrected chi connectivity index (χ3v) is 1.13. The Morgan fingerprint density at radius 1 is 1.62 bits per heavy atom. The smallest absolute Gasteiger partial charge is 0.0606 e. The minimum Gasteiger partial charge on any atom is -0.189 e. The molecular formula is C6H10N2. The minimum absolute atomic E-state index is 0.897. The first-order valence-electron chi connectivity index (χ1n) is 2.94. The van der Waals surface area contributed by atoms with E-state index in [2.05, 4.69) is 16.3 Å². The first kappa shape index (κ1) is 5.48. The third-order valence-electron chi connectivity index (χ3n) is 1.13. The van der Waals surface area contributed by atoms with E-state index in [1.165, 1.54) is 0 Å². The van der Waals surface area contributed by atoms with Gasteiger partial charge in [0, 0.05) is 0 Å². The van der Waals surface area contributed by atoms with Gasteiger partial charge in [-0.15, -0.1) is 0 Å². The molecule has 0 radical (unpaired) electrons. The first-order chi connectivity index (χ1) is 3.89. The molecule has 2 heteroatoms. The van der Waals surface area contributed by atoms with E-state index in [0.717, 1.165) is 25.1 Å². The molecule has 0 atom stereocenters. The highest BCUT2D eigenvalue weighted by Gasteiger charge is 1.89. The molecule has 0 bridgehead atoms. The average Bonchev–Trinajstić information content (AvgIpc) is 1.94. The molecule has 0 unspecified atom stereocenters. The van der Waals surface area contributed by atoms with E-state index >= 15 is 0 Å². The van der Waals surface area contributed by atoms with Gasteiger partial charge in [0.2, 0.25) is 0 Å². The normalized spacial score (nSPS) is 19.9. The van der Waals surface area contributed by atoms with E-state index in [1.807, 2.05) is 6.92 Å². The van der Waals surface area contributed by atoms with Gasteiger partial charge in [0.15, 0.2) is 0 Å². The Hall–Kier alpha value is -0.660. The van der Waals surface area contributed by atoms with Crippen molar-refractivity contribution in [1.82, 2.24) is 0 Å². The second-order valence-corrected chi connectivity index (χ2v) is 1.95. The quantitative estimate of drug-likeness (QED) is 0.456. The molecule has 0 spiro atoms. The number of hydrogen-bond acceptors (Lipinski definition) is 2. The summed E-state index contributed by atoms with van der Waals surface area (Å²) < 4.78 is 0. The lowest BCUT2D eigenvalue weighted by Gasteiger charge is -1.81. The monoisotopic (exact) mass is 110 g/mol. The number of nitrogens with zero attached hydrogens (tertiary/aromatic N) is 2. The Morgan fingerprint density at radius 2 is 2.50 bits per heavy atom. The minimum atomic E-state index is 0.897. The van der Waals surface area contributed by atoms with E-state index < -0.39 is 0 Å². The highest BCUT2D eigenvalue weighted by molar-refractivity contribution is 4.95. The van der Waals surface area contributed by atoms with Crippen LogP contribution in [-0.2, 0) is 0 Å². The van der Waals surface area contributed by atoms with Gasteiger partial charge in [0.25, 0.3) is 0 Å². The van der Waals surface area contributed by atoms with Crippen molar-refractivity contribution in [2.45, 2.75) is 19.8 Å². The fraction of sp³-hybridized carbons (Fsp3) is 0.667. The van der Waals surface area contributed by atoms with E-state index in [4.69, 9.17) is 0 Å². The molecule has 8 heavy (non-hydrogen) atoms. The maximum absolute atomic E-state index is 3.91. The molecule has 1 heterocycles. The lowest BCUT2D eigenvalue weighted by Crippen LogP contribution is -1.72. The maximum atomic E-state index is 3.91. The molecule has 1 rings (SSSR count). The van der Waals surface area contributed by atoms with Crippen LogP contribution in [0.4, 0.5) is 0 Å². The number of hydrogen-bond donors (Lipinski definition) is 0. The summed E-state index contributed by atoms with van der Waals surface area (Å²) >= 11 is 0. The van der Waals surface area contributed by atoms with Crippen LogP contribution in [0.5, 0.6) is 0 Å². The van der Waals surface area contributed by atoms with Crippen LogP contribution in [0.25, 0.3) is 0 Å². The van der Waals surface area contributed by atoms with Crippen molar-refractivity contribution in [1.29, 1.82) is 0 Å². The maximum Gasteiger partial charge on any atom is 0.0606 e. The van der Waals surface area contributed by atoms with Crippen molar-refractivity contribution in [3.63, 3.8) is 0 Å². The molecular weight excluding hydrogens is 100 g/mol. The zero-order valence-electron chi connectivity index (χ0n) is 5.09. The largest absolute Gasteiger partial charge is 0.189 e. The third kappa shape index (κ3) is 1.45. The van der Waals surface area contributed by atoms with Crippen LogP contribution < -0.4 is 0 Å². The molecule has 44 valence electrons. The predicted molar refractivity (Wildman–Crippen MR) is 32.7 cm³/mol. The predicted octanol–water partition coefficient (Wildman–Crippen LogP) is 2.14. The molecule has 0 aliphatic carbocycles. The van der Waals surface area contributed by atoms with Crippen molar-refractivity contribution < 1.29 is 0 Å². The molecule has 0 aromatic heterocycles. The number of allylic oxidation sites excluding steroid dienone is 2. The van der Waals surface area contributed by atoms with Crippen LogP contribution in [0.15, 0.2) is 22.0 Å². The van der Waals surface area contributed by atoms with E-state index in [0.29, 0.717) is 0 Å². The SMILES string of the molecule is CC1=CCCCN=N1. The topological polar surface area (TPSA) is 24.7 Å². The average molecular weight is 110 g/mol. The number of azo groups is 1. The van der Waals surface area contributed by atoms with Crippen LogP contribution in [0.3, 0.4) is 0 Å². The fourth-order valence-electron chi connectivity index (χ4n) is 0.675. The molecule has 0 saturated carbocycles. The fourth-order valence-corrected chi connectivity index (χ4v) is 0.675. The van der Waals surface area contributed by atoms with Gasteiger partial charge in [-0.1, -0.05) is 6.08 Å². The Labute approximate surface area is 49.3 Å². The van der Waals surface area contributed by atoms with Crippen LogP contribution in [0, 0.1) is 0 Å². The second kappa shape index (κ2) is 2.60. The summed E-state index contributed by atoms with van der Waals surface area (Å²) in [6.07, 6.45) is 4.41. The summed E-state index contributed by atoms with van der Waals surface area (Å²) in [7, 11) is 0. The standard InChI is InChI=1S/C6H10N2/c1-6-4-2-3-5-7-8-6/h4H,2-3,5H2,1H3. The summed E-state index contributed by atoms with van der Waals surface area (Å²) in [5, 5.41) is 7.82. The second-order valence-electron chi connectivity index (χ2n) is 1.95. The molecule has 0 aromatic rings. The Kier molecular flexibility index (Phi) is 1.78. The lowest BCUT2D eigenvalue weighted by molar-refractivity contribution is 0.837. The Balaban J connectivity index is 2.55. The van der Waals surface area contributed by atoms with Crippen LogP contribution in [0.2, 0.25) is 0 Å². The van der Waals surface area contributed by atoms with Crippen molar-refractivity contribution in [3.05, 3.63) is 11.8 Å². The van der Waals surface area contributed by atoms with E-state index in [1.54, 1.807) is 0 Å². The zero-order chi connectivity index (χ0) is 5.82. The Bertz CT molecular complexity index is 124. The van der Waals surface area contributed by atoms with Crippen LogP contribution >= 0.6 is 0 Å². The molecule has 1 aliphatic rings. The van der Waals surface area contributed by atoms with E-state index in [9.17, 15) is 0 Å². The molecule has 1 aliphatic heterocycles. The Morgan fingerprint density at radius 3 is 3.38 bits per heavy atom. The van der Waals surface area contributed by atoms with Crippen molar-refractivity contribution in [2.75, 3.05) is 6.54 Å². The first-order valence-corrected chi connectivity index (χ1v) is 2.94. The van der Waals surface area contributed by atoms with Gasteiger partial charge in [0.05, 0.1) is 12.2 Å². The van der Waals surface area contributed by atoms with Gasteiger partial charge in [-0.2, -0.15) is 10.2 Å². The van der Waals surface area contributed by atoms with Gasteiger partial charge >= 0.3 is 0 Å². The molecule has 0 N–H and O–H groups in total. The molecule has 2 nitrogen and oxygen atoms in total. The summed E-state index contributed by atoms with van der Waals surface area (Å²) in [6.45, 7) is 2.88. The van der Waals surface area contributed by atoms with Crippen LogP contribution in [-0.4, -0.2) is 6.54 Å². The van der Waals surface area contributed by atoms with Gasteiger partial charge in [0.1, 0.15) is 0 Å². The summed E-state index contributed by atoms with van der Waals surface area (Å²) in [5.74, 6) is 0. The van der Waals surface area contributed by atoms with Crippen molar-refractivity contribution in [3.8, 4) is 0 Å². The zero-order valence-corrected chi connectivity index (χ0v) is 5.09. The lowest BCUT2D eigenvalue weighted by atomic mass is 10.3. The molecule has 0 aromatic carbocycles. The molecule has 0 amide bonds. The van der Waals surface area contributed by atoms with Crippen LogP contribution in [0.1, 0.15) is 19.8 Å². The summed E-state index contributed by atoms with van der Waals surface area (Å²) in [6, 6.07) is 0. The molecule has 0 fully saturated rings. The van der Waals surface area contributed by atoms with Crippen molar-refractivity contribution >= 4 is 0 Å². The van der Waals surface area contributed by atoms with Gasteiger partial charge in [-0.25, -0.2) is 0 Å². The van der Waals surface area contributed by atoms with E-state index in [-0.39, 0.29) is 0 Å². The summed E-state index contributed by atoms with van der Waals surface area (Å²) in [4.78, 5) is 0. The number of rotatable bonds is 0. The molecule has 0 saturated heterocycles. The highest BCUT2D eigenvalue weighted by Crippen LogP contribution is 2.05.